The Morgan fingerprint density at radius 2 is 1.81 bits per heavy atom. The van der Waals surface area contributed by atoms with Crippen LogP contribution in [0, 0.1) is 13.8 Å². The highest BCUT2D eigenvalue weighted by Crippen LogP contribution is 2.30. The van der Waals surface area contributed by atoms with Gasteiger partial charge in [-0.05, 0) is 51.3 Å². The van der Waals surface area contributed by atoms with Crippen molar-refractivity contribution >= 4 is 17.3 Å². The minimum absolute atomic E-state index is 0.310. The van der Waals surface area contributed by atoms with E-state index in [1.54, 1.807) is 32.1 Å². The Morgan fingerprint density at radius 1 is 1.08 bits per heavy atom. The molecule has 0 N–H and O–H groups in total. The van der Waals surface area contributed by atoms with Crippen LogP contribution in [0.4, 0.5) is 0 Å². The number of hydrogen-bond donors (Lipinski definition) is 0. The first-order chi connectivity index (χ1) is 17.7. The van der Waals surface area contributed by atoms with Crippen LogP contribution < -0.4 is 4.74 Å². The smallest absolute Gasteiger partial charge is 0.349 e. The van der Waals surface area contributed by atoms with Crippen LogP contribution in [0.5, 0.6) is 5.75 Å². The number of nitrogens with zero attached hydrogens (tertiary/aromatic N) is 4. The molecule has 2 heterocycles. The third-order valence-electron chi connectivity index (χ3n) is 5.75. The summed E-state index contributed by atoms with van der Waals surface area (Å²) < 4.78 is 16.9. The number of esters is 1. The van der Waals surface area contributed by atoms with Crippen molar-refractivity contribution in [2.75, 3.05) is 6.61 Å². The fourth-order valence-corrected chi connectivity index (χ4v) is 4.71. The van der Waals surface area contributed by atoms with Crippen LogP contribution in [0.15, 0.2) is 58.6 Å². The highest BCUT2D eigenvalue weighted by molar-refractivity contribution is 7.09. The highest BCUT2D eigenvalue weighted by Gasteiger charge is 2.32. The molecule has 0 atom stereocenters. The molecule has 4 aromatic rings. The molecule has 0 bridgehead atoms. The zero-order chi connectivity index (χ0) is 26.4. The number of ether oxygens (including phenoxy) is 2. The molecule has 0 radical (unpaired) electrons. The Bertz CT molecular complexity index is 1300. The second kappa shape index (κ2) is 11.7. The molecule has 0 aliphatic heterocycles. The van der Waals surface area contributed by atoms with Gasteiger partial charge in [-0.3, -0.25) is 4.90 Å². The summed E-state index contributed by atoms with van der Waals surface area (Å²) in [6.07, 6.45) is 1.81. The molecule has 0 saturated carbocycles. The van der Waals surface area contributed by atoms with E-state index < -0.39 is 5.60 Å². The molecular weight excluding hydrogens is 488 g/mol. The molecule has 37 heavy (non-hydrogen) atoms. The van der Waals surface area contributed by atoms with Crippen LogP contribution in [0.1, 0.15) is 48.4 Å². The molecule has 0 saturated heterocycles. The predicted octanol–water partition coefficient (Wildman–Crippen LogP) is 5.73. The maximum atomic E-state index is 12.3. The minimum atomic E-state index is -1.08. The van der Waals surface area contributed by atoms with Crippen LogP contribution in [0.25, 0.3) is 11.4 Å². The Balaban J connectivity index is 1.53. The lowest BCUT2D eigenvalue weighted by atomic mass is 10.0. The molecule has 0 aliphatic carbocycles. The summed E-state index contributed by atoms with van der Waals surface area (Å²) in [5.41, 5.74) is 2.84. The van der Waals surface area contributed by atoms with Gasteiger partial charge in [-0.15, -0.1) is 11.3 Å². The van der Waals surface area contributed by atoms with Crippen molar-refractivity contribution in [1.29, 1.82) is 0 Å². The molecule has 0 fully saturated rings. The van der Waals surface area contributed by atoms with Crippen LogP contribution >= 0.6 is 11.3 Å². The van der Waals surface area contributed by atoms with Crippen LogP contribution in [-0.2, 0) is 29.2 Å². The summed E-state index contributed by atoms with van der Waals surface area (Å²) in [5, 5.41) is 7.14. The number of carbonyl (C=O) groups excluding carboxylic acids is 1. The van der Waals surface area contributed by atoms with Gasteiger partial charge in [-0.2, -0.15) is 4.98 Å². The Morgan fingerprint density at radius 3 is 2.46 bits per heavy atom. The maximum Gasteiger partial charge on any atom is 0.349 e. The van der Waals surface area contributed by atoms with Gasteiger partial charge < -0.3 is 14.0 Å². The van der Waals surface area contributed by atoms with Crippen molar-refractivity contribution in [3.63, 3.8) is 0 Å². The number of thiazole rings is 1. The summed E-state index contributed by atoms with van der Waals surface area (Å²) in [6, 6.07) is 13.9. The van der Waals surface area contributed by atoms with Gasteiger partial charge in [-0.1, -0.05) is 47.6 Å². The zero-order valence-electron chi connectivity index (χ0n) is 21.9. The van der Waals surface area contributed by atoms with Crippen molar-refractivity contribution in [3.05, 3.63) is 81.6 Å². The summed E-state index contributed by atoms with van der Waals surface area (Å²) >= 11 is 1.61. The van der Waals surface area contributed by atoms with Gasteiger partial charge in [0.1, 0.15) is 10.8 Å². The van der Waals surface area contributed by atoms with Gasteiger partial charge in [0, 0.05) is 23.7 Å². The summed E-state index contributed by atoms with van der Waals surface area (Å²) in [5.74, 6) is 1.42. The molecule has 2 aromatic heterocycles. The summed E-state index contributed by atoms with van der Waals surface area (Å²) in [6.45, 7) is 11.3. The Hall–Kier alpha value is -3.56. The van der Waals surface area contributed by atoms with E-state index in [2.05, 4.69) is 32.2 Å². The molecule has 194 valence electrons. The zero-order valence-corrected chi connectivity index (χ0v) is 22.7. The second-order valence-corrected chi connectivity index (χ2v) is 10.3. The SMILES string of the molecule is CCOC(=O)C(C)(C)Oc1c(C)cc(CN(Cc2nc(-c3ccccc3)no2)Cc2nccs2)cc1C. The largest absolute Gasteiger partial charge is 0.476 e. The van der Waals surface area contributed by atoms with Crippen LogP contribution in [0.2, 0.25) is 0 Å². The molecule has 9 heteroatoms. The third kappa shape index (κ3) is 6.81. The molecule has 8 nitrogen and oxygen atoms in total. The van der Waals surface area contributed by atoms with E-state index in [9.17, 15) is 4.79 Å². The average molecular weight is 521 g/mol. The standard InChI is InChI=1S/C28H32N4O4S/c1-6-34-27(33)28(4,5)35-25-19(2)14-21(15-20(25)3)16-32(18-24-29-12-13-37-24)17-23-30-26(31-36-23)22-10-8-7-9-11-22/h7-15H,6,16-18H2,1-5H3. The van der Waals surface area contributed by atoms with Gasteiger partial charge in [0.2, 0.25) is 11.7 Å². The van der Waals surface area contributed by atoms with Gasteiger partial charge in [0.25, 0.3) is 0 Å². The van der Waals surface area contributed by atoms with Crippen molar-refractivity contribution < 1.29 is 18.8 Å². The first-order valence-corrected chi connectivity index (χ1v) is 13.1. The van der Waals surface area contributed by atoms with Crippen LogP contribution in [-0.4, -0.2) is 38.2 Å². The van der Waals surface area contributed by atoms with E-state index in [0.717, 1.165) is 27.3 Å². The predicted molar refractivity (Wildman–Crippen MR) is 142 cm³/mol. The van der Waals surface area contributed by atoms with Gasteiger partial charge in [0.05, 0.1) is 19.7 Å². The van der Waals surface area contributed by atoms with Crippen molar-refractivity contribution in [2.24, 2.45) is 0 Å². The topological polar surface area (TPSA) is 90.6 Å². The number of aryl methyl sites for hydroxylation is 2. The first-order valence-electron chi connectivity index (χ1n) is 12.2. The maximum absolute atomic E-state index is 12.3. The third-order valence-corrected chi connectivity index (χ3v) is 6.52. The molecule has 0 spiro atoms. The Labute approximate surface area is 221 Å². The lowest BCUT2D eigenvalue weighted by Gasteiger charge is -2.27. The highest BCUT2D eigenvalue weighted by atomic mass is 32.1. The van der Waals surface area contributed by atoms with E-state index in [-0.39, 0.29) is 5.97 Å². The molecule has 2 aromatic carbocycles. The lowest BCUT2D eigenvalue weighted by Crippen LogP contribution is -2.40. The molecule has 4 rings (SSSR count). The first kappa shape index (κ1) is 26.5. The molecule has 0 aliphatic rings. The number of aromatic nitrogens is 3. The van der Waals surface area contributed by atoms with Crippen molar-refractivity contribution in [3.8, 4) is 17.1 Å². The van der Waals surface area contributed by atoms with E-state index in [1.807, 2.05) is 55.8 Å². The summed E-state index contributed by atoms with van der Waals surface area (Å²) in [7, 11) is 0. The van der Waals surface area contributed by atoms with E-state index >= 15 is 0 Å². The van der Waals surface area contributed by atoms with E-state index in [4.69, 9.17) is 14.0 Å². The average Bonchev–Trinajstić information content (AvgIpc) is 3.55. The minimum Gasteiger partial charge on any atom is -0.476 e. The van der Waals surface area contributed by atoms with Crippen molar-refractivity contribution in [1.82, 2.24) is 20.0 Å². The molecular formula is C28H32N4O4S. The summed E-state index contributed by atoms with van der Waals surface area (Å²) in [4.78, 5) is 23.6. The lowest BCUT2D eigenvalue weighted by molar-refractivity contribution is -0.158. The number of rotatable bonds is 11. The van der Waals surface area contributed by atoms with Gasteiger partial charge in [-0.25, -0.2) is 9.78 Å². The Kier molecular flexibility index (Phi) is 8.35. The number of benzene rings is 2. The number of hydrogen-bond acceptors (Lipinski definition) is 9. The van der Waals surface area contributed by atoms with Gasteiger partial charge >= 0.3 is 5.97 Å². The van der Waals surface area contributed by atoms with Crippen molar-refractivity contribution in [2.45, 2.75) is 59.9 Å². The molecule has 0 amide bonds. The molecule has 0 unspecified atom stereocenters. The van der Waals surface area contributed by atoms with E-state index in [1.165, 1.54) is 0 Å². The quantitative estimate of drug-likeness (QED) is 0.232. The fourth-order valence-electron chi connectivity index (χ4n) is 4.06. The monoisotopic (exact) mass is 520 g/mol. The van der Waals surface area contributed by atoms with Gasteiger partial charge in [0.15, 0.2) is 5.60 Å². The van der Waals surface area contributed by atoms with Crippen LogP contribution in [0.3, 0.4) is 0 Å². The number of carbonyl (C=O) groups is 1. The second-order valence-electron chi connectivity index (χ2n) is 9.34. The fraction of sp³-hybridized carbons (Fsp3) is 0.357. The normalized spacial score (nSPS) is 11.6. The van der Waals surface area contributed by atoms with E-state index in [0.29, 0.717) is 43.7 Å².